The van der Waals surface area contributed by atoms with E-state index in [0.29, 0.717) is 5.82 Å². The first-order chi connectivity index (χ1) is 6.61. The molecule has 2 atom stereocenters. The summed E-state index contributed by atoms with van der Waals surface area (Å²) in [4.78, 5) is 17.1. The smallest absolute Gasteiger partial charge is 0.185 e. The molecule has 1 heterocycles. The number of aliphatic hydroxyl groups is 2. The molecule has 78 valence electrons. The fourth-order valence-corrected chi connectivity index (χ4v) is 1.50. The summed E-state index contributed by atoms with van der Waals surface area (Å²) in [6.07, 6.45) is 0.985. The van der Waals surface area contributed by atoms with E-state index in [0.717, 1.165) is 11.8 Å². The van der Waals surface area contributed by atoms with Gasteiger partial charge in [0.1, 0.15) is 11.9 Å². The van der Waals surface area contributed by atoms with E-state index in [4.69, 9.17) is 0 Å². The van der Waals surface area contributed by atoms with Gasteiger partial charge in [-0.25, -0.2) is 4.98 Å². The summed E-state index contributed by atoms with van der Waals surface area (Å²) in [5.74, 6) is 0.471. The number of carbonyl (C=O) groups is 1. The third kappa shape index (κ3) is 3.13. The SMILES string of the molecule is CC(=O)SCC(O)C(O)c1ncc[nH]1. The summed E-state index contributed by atoms with van der Waals surface area (Å²) < 4.78 is 0. The second-order valence-corrected chi connectivity index (χ2v) is 3.99. The molecule has 3 N–H and O–H groups in total. The van der Waals surface area contributed by atoms with Gasteiger partial charge in [-0.15, -0.1) is 0 Å². The van der Waals surface area contributed by atoms with Gasteiger partial charge in [0.15, 0.2) is 5.12 Å². The van der Waals surface area contributed by atoms with Crippen molar-refractivity contribution >= 4 is 16.9 Å². The number of carbonyl (C=O) groups excluding carboxylic acids is 1. The Hall–Kier alpha value is -0.850. The molecule has 1 rings (SSSR count). The van der Waals surface area contributed by atoms with Gasteiger partial charge in [-0.3, -0.25) is 4.79 Å². The molecule has 0 aliphatic heterocycles. The van der Waals surface area contributed by atoms with E-state index in [9.17, 15) is 15.0 Å². The molecule has 0 aliphatic rings. The molecule has 0 bridgehead atoms. The van der Waals surface area contributed by atoms with E-state index in [1.807, 2.05) is 0 Å². The molecule has 0 fully saturated rings. The van der Waals surface area contributed by atoms with Crippen LogP contribution in [0.3, 0.4) is 0 Å². The Balaban J connectivity index is 2.44. The first-order valence-corrected chi connectivity index (χ1v) is 5.08. The zero-order valence-electron chi connectivity index (χ0n) is 7.67. The van der Waals surface area contributed by atoms with E-state index >= 15 is 0 Å². The first kappa shape index (κ1) is 11.2. The topological polar surface area (TPSA) is 86.2 Å². The van der Waals surface area contributed by atoms with Crippen LogP contribution >= 0.6 is 11.8 Å². The highest BCUT2D eigenvalue weighted by molar-refractivity contribution is 8.13. The van der Waals surface area contributed by atoms with Crippen molar-refractivity contribution in [1.29, 1.82) is 0 Å². The zero-order valence-corrected chi connectivity index (χ0v) is 8.49. The van der Waals surface area contributed by atoms with Gasteiger partial charge in [0.05, 0.1) is 6.10 Å². The maximum atomic E-state index is 10.6. The van der Waals surface area contributed by atoms with Gasteiger partial charge in [-0.2, -0.15) is 0 Å². The molecule has 1 aromatic rings. The van der Waals surface area contributed by atoms with Gasteiger partial charge in [0.25, 0.3) is 0 Å². The van der Waals surface area contributed by atoms with Crippen molar-refractivity contribution in [2.75, 3.05) is 5.75 Å². The molecule has 1 aromatic heterocycles. The van der Waals surface area contributed by atoms with E-state index < -0.39 is 12.2 Å². The highest BCUT2D eigenvalue weighted by atomic mass is 32.2. The number of imidazole rings is 1. The van der Waals surface area contributed by atoms with Gasteiger partial charge in [-0.05, 0) is 0 Å². The molecule has 0 radical (unpaired) electrons. The normalized spacial score (nSPS) is 15.1. The predicted octanol–water partition coefficient (Wildman–Crippen LogP) is 0.0837. The van der Waals surface area contributed by atoms with Crippen LogP contribution in [-0.2, 0) is 4.79 Å². The number of nitrogens with one attached hydrogen (secondary N) is 1. The summed E-state index contributed by atoms with van der Waals surface area (Å²) in [5.41, 5.74) is 0. The Morgan fingerprint density at radius 2 is 2.43 bits per heavy atom. The molecule has 2 unspecified atom stereocenters. The quantitative estimate of drug-likeness (QED) is 0.663. The number of thioether (sulfide) groups is 1. The molecule has 0 saturated heterocycles. The number of H-pyrrole nitrogens is 1. The summed E-state index contributed by atoms with van der Waals surface area (Å²) in [5, 5.41) is 18.9. The highest BCUT2D eigenvalue weighted by Gasteiger charge is 2.20. The number of aromatic nitrogens is 2. The Kier molecular flexibility index (Phi) is 4.12. The largest absolute Gasteiger partial charge is 0.389 e. The molecule has 6 heteroatoms. The van der Waals surface area contributed by atoms with Crippen LogP contribution in [0.15, 0.2) is 12.4 Å². The minimum atomic E-state index is -1.07. The number of aliphatic hydroxyl groups excluding tert-OH is 2. The maximum Gasteiger partial charge on any atom is 0.185 e. The molecule has 5 nitrogen and oxygen atoms in total. The molecule has 0 aliphatic carbocycles. The van der Waals surface area contributed by atoms with Crippen molar-refractivity contribution in [1.82, 2.24) is 9.97 Å². The zero-order chi connectivity index (χ0) is 10.6. The third-order valence-electron chi connectivity index (χ3n) is 1.62. The molecule has 0 aromatic carbocycles. The summed E-state index contributed by atoms with van der Waals surface area (Å²) in [6, 6.07) is 0. The van der Waals surface area contributed by atoms with Crippen LogP contribution < -0.4 is 0 Å². The number of hydrogen-bond donors (Lipinski definition) is 3. The minimum Gasteiger partial charge on any atom is -0.389 e. The van der Waals surface area contributed by atoms with E-state index in [-0.39, 0.29) is 10.9 Å². The summed E-state index contributed by atoms with van der Waals surface area (Å²) >= 11 is 0.974. The highest BCUT2D eigenvalue weighted by Crippen LogP contribution is 2.16. The standard InChI is InChI=1S/C8H12N2O3S/c1-5(11)14-4-6(12)7(13)8-9-2-3-10-8/h2-3,6-7,12-13H,4H2,1H3,(H,9,10). The van der Waals surface area contributed by atoms with Crippen molar-refractivity contribution in [3.05, 3.63) is 18.2 Å². The molecule has 0 saturated carbocycles. The van der Waals surface area contributed by atoms with E-state index in [1.54, 1.807) is 6.20 Å². The van der Waals surface area contributed by atoms with Crippen molar-refractivity contribution < 1.29 is 15.0 Å². The predicted molar refractivity (Wildman–Crippen MR) is 52.7 cm³/mol. The van der Waals surface area contributed by atoms with Gasteiger partial charge < -0.3 is 15.2 Å². The lowest BCUT2D eigenvalue weighted by Crippen LogP contribution is -2.22. The second-order valence-electron chi connectivity index (χ2n) is 2.79. The average molecular weight is 216 g/mol. The molecule has 14 heavy (non-hydrogen) atoms. The van der Waals surface area contributed by atoms with Crippen LogP contribution in [0.2, 0.25) is 0 Å². The third-order valence-corrected chi connectivity index (χ3v) is 2.54. The first-order valence-electron chi connectivity index (χ1n) is 4.10. The number of nitrogens with zero attached hydrogens (tertiary/aromatic N) is 1. The fourth-order valence-electron chi connectivity index (χ4n) is 0.915. The lowest BCUT2D eigenvalue weighted by Gasteiger charge is -2.14. The van der Waals surface area contributed by atoms with Crippen molar-refractivity contribution in [2.45, 2.75) is 19.1 Å². The Labute approximate surface area is 85.6 Å². The van der Waals surface area contributed by atoms with Crippen LogP contribution in [0, 0.1) is 0 Å². The van der Waals surface area contributed by atoms with Gasteiger partial charge in [0, 0.05) is 25.1 Å². The fraction of sp³-hybridized carbons (Fsp3) is 0.500. The minimum absolute atomic E-state index is 0.0873. The molecular weight excluding hydrogens is 204 g/mol. The average Bonchev–Trinajstić information content (AvgIpc) is 2.65. The van der Waals surface area contributed by atoms with E-state index in [1.165, 1.54) is 13.1 Å². The van der Waals surface area contributed by atoms with Gasteiger partial charge >= 0.3 is 0 Å². The van der Waals surface area contributed by atoms with Gasteiger partial charge in [0.2, 0.25) is 0 Å². The van der Waals surface area contributed by atoms with E-state index in [2.05, 4.69) is 9.97 Å². The molecular formula is C8H12N2O3S. The van der Waals surface area contributed by atoms with Crippen molar-refractivity contribution in [2.24, 2.45) is 0 Å². The van der Waals surface area contributed by atoms with Crippen LogP contribution in [0.1, 0.15) is 18.9 Å². The van der Waals surface area contributed by atoms with Crippen molar-refractivity contribution in [3.63, 3.8) is 0 Å². The Morgan fingerprint density at radius 3 is 2.93 bits per heavy atom. The van der Waals surface area contributed by atoms with Crippen LogP contribution in [-0.4, -0.2) is 37.2 Å². The number of rotatable bonds is 4. The maximum absolute atomic E-state index is 10.6. The molecule has 0 spiro atoms. The number of hydrogen-bond acceptors (Lipinski definition) is 5. The van der Waals surface area contributed by atoms with Crippen LogP contribution in [0.4, 0.5) is 0 Å². The monoisotopic (exact) mass is 216 g/mol. The Bertz CT molecular complexity index is 289. The van der Waals surface area contributed by atoms with Crippen LogP contribution in [0.5, 0.6) is 0 Å². The van der Waals surface area contributed by atoms with Crippen LogP contribution in [0.25, 0.3) is 0 Å². The lowest BCUT2D eigenvalue weighted by molar-refractivity contribution is -0.109. The van der Waals surface area contributed by atoms with Gasteiger partial charge in [-0.1, -0.05) is 11.8 Å². The Morgan fingerprint density at radius 1 is 1.71 bits per heavy atom. The summed E-state index contributed by atoms with van der Waals surface area (Å²) in [6.45, 7) is 1.41. The van der Waals surface area contributed by atoms with Crippen molar-refractivity contribution in [3.8, 4) is 0 Å². The second kappa shape index (κ2) is 5.14. The molecule has 0 amide bonds. The lowest BCUT2D eigenvalue weighted by atomic mass is 10.2. The summed E-state index contributed by atoms with van der Waals surface area (Å²) in [7, 11) is 0. The number of aromatic amines is 1.